The Morgan fingerprint density at radius 1 is 1.42 bits per heavy atom. The van der Waals surface area contributed by atoms with E-state index in [1.807, 2.05) is 43.0 Å². The fourth-order valence-corrected chi connectivity index (χ4v) is 3.82. The molecule has 5 heteroatoms. The van der Waals surface area contributed by atoms with Crippen LogP contribution < -0.4 is 5.32 Å². The summed E-state index contributed by atoms with van der Waals surface area (Å²) in [5.74, 6) is 0.0737. The molecule has 0 fully saturated rings. The lowest BCUT2D eigenvalue weighted by Crippen LogP contribution is -2.32. The number of aromatic nitrogens is 3. The SMILES string of the molecule is Cc1[nH]c2ccccc2c1CC(=O)N[C@H]1CCCc2c1cnn2C. The molecule has 0 spiro atoms. The minimum Gasteiger partial charge on any atom is -0.358 e. The molecule has 2 heterocycles. The molecule has 1 aliphatic carbocycles. The van der Waals surface area contributed by atoms with E-state index < -0.39 is 0 Å². The number of benzene rings is 1. The van der Waals surface area contributed by atoms with Crippen LogP contribution in [0.1, 0.15) is 41.4 Å². The maximum absolute atomic E-state index is 12.6. The predicted octanol–water partition coefficient (Wildman–Crippen LogP) is 2.95. The molecule has 1 aromatic carbocycles. The highest BCUT2D eigenvalue weighted by Crippen LogP contribution is 2.29. The van der Waals surface area contributed by atoms with Crippen LogP contribution in [0.3, 0.4) is 0 Å². The smallest absolute Gasteiger partial charge is 0.224 e. The number of aromatic amines is 1. The second kappa shape index (κ2) is 5.82. The van der Waals surface area contributed by atoms with Crippen LogP contribution in [0, 0.1) is 6.92 Å². The van der Waals surface area contributed by atoms with Crippen molar-refractivity contribution in [3.05, 3.63) is 53.0 Å². The van der Waals surface area contributed by atoms with Gasteiger partial charge in [0.05, 0.1) is 18.7 Å². The first-order chi connectivity index (χ1) is 11.6. The van der Waals surface area contributed by atoms with Crippen molar-refractivity contribution >= 4 is 16.8 Å². The van der Waals surface area contributed by atoms with Crippen molar-refractivity contribution < 1.29 is 4.79 Å². The summed E-state index contributed by atoms with van der Waals surface area (Å²) in [4.78, 5) is 16.0. The Kier molecular flexibility index (Phi) is 3.63. The van der Waals surface area contributed by atoms with Crippen molar-refractivity contribution in [1.29, 1.82) is 0 Å². The fourth-order valence-electron chi connectivity index (χ4n) is 3.82. The van der Waals surface area contributed by atoms with E-state index in [4.69, 9.17) is 0 Å². The molecule has 4 rings (SSSR count). The van der Waals surface area contributed by atoms with E-state index in [0.717, 1.165) is 41.4 Å². The van der Waals surface area contributed by atoms with Crippen LogP contribution in [0.25, 0.3) is 10.9 Å². The fraction of sp³-hybridized carbons (Fsp3) is 0.368. The van der Waals surface area contributed by atoms with Crippen LogP contribution in [-0.2, 0) is 24.7 Å². The number of fused-ring (bicyclic) bond motifs is 2. The quantitative estimate of drug-likeness (QED) is 0.779. The predicted molar refractivity (Wildman–Crippen MR) is 93.8 cm³/mol. The lowest BCUT2D eigenvalue weighted by Gasteiger charge is -2.23. The molecule has 0 unspecified atom stereocenters. The van der Waals surface area contributed by atoms with Crippen LogP contribution in [0.15, 0.2) is 30.5 Å². The standard InChI is InChI=1S/C19H22N4O/c1-12-14(13-6-3-4-7-16(13)21-12)10-19(24)22-17-8-5-9-18-15(17)11-20-23(18)2/h3-4,6-7,11,17,21H,5,8-10H2,1-2H3,(H,22,24)/t17-/m0/s1. The van der Waals surface area contributed by atoms with Crippen LogP contribution >= 0.6 is 0 Å². The number of amides is 1. The molecule has 0 aliphatic heterocycles. The highest BCUT2D eigenvalue weighted by Gasteiger charge is 2.25. The van der Waals surface area contributed by atoms with Gasteiger partial charge in [-0.15, -0.1) is 0 Å². The van der Waals surface area contributed by atoms with Crippen LogP contribution in [0.2, 0.25) is 0 Å². The van der Waals surface area contributed by atoms with Crippen molar-refractivity contribution in [2.24, 2.45) is 7.05 Å². The Balaban J connectivity index is 1.54. The first kappa shape index (κ1) is 15.0. The van der Waals surface area contributed by atoms with Crippen molar-refractivity contribution in [3.63, 3.8) is 0 Å². The summed E-state index contributed by atoms with van der Waals surface area (Å²) in [5, 5.41) is 8.69. The summed E-state index contributed by atoms with van der Waals surface area (Å²) < 4.78 is 1.93. The first-order valence-electron chi connectivity index (χ1n) is 8.50. The highest BCUT2D eigenvalue weighted by molar-refractivity contribution is 5.90. The van der Waals surface area contributed by atoms with Crippen LogP contribution in [0.5, 0.6) is 0 Å². The van der Waals surface area contributed by atoms with E-state index in [0.29, 0.717) is 6.42 Å². The number of hydrogen-bond acceptors (Lipinski definition) is 2. The molecule has 0 radical (unpaired) electrons. The number of carbonyl (C=O) groups is 1. The average molecular weight is 322 g/mol. The third-order valence-electron chi connectivity index (χ3n) is 5.08. The van der Waals surface area contributed by atoms with Gasteiger partial charge in [-0.2, -0.15) is 5.10 Å². The van der Waals surface area contributed by atoms with E-state index >= 15 is 0 Å². The molecule has 2 aromatic heterocycles. The molecule has 0 saturated heterocycles. The number of nitrogens with one attached hydrogen (secondary N) is 2. The molecule has 0 saturated carbocycles. The van der Waals surface area contributed by atoms with Crippen LogP contribution in [0.4, 0.5) is 0 Å². The van der Waals surface area contributed by atoms with Gasteiger partial charge in [-0.3, -0.25) is 9.48 Å². The van der Waals surface area contributed by atoms with Gasteiger partial charge in [0.2, 0.25) is 5.91 Å². The third kappa shape index (κ3) is 2.50. The largest absolute Gasteiger partial charge is 0.358 e. The topological polar surface area (TPSA) is 62.7 Å². The molecule has 5 nitrogen and oxygen atoms in total. The van der Waals surface area contributed by atoms with Gasteiger partial charge < -0.3 is 10.3 Å². The summed E-state index contributed by atoms with van der Waals surface area (Å²) in [6, 6.07) is 8.22. The molecular formula is C19H22N4O. The third-order valence-corrected chi connectivity index (χ3v) is 5.08. The maximum atomic E-state index is 12.6. The van der Waals surface area contributed by atoms with Crippen molar-refractivity contribution in [1.82, 2.24) is 20.1 Å². The van der Waals surface area contributed by atoms with Crippen molar-refractivity contribution in [2.75, 3.05) is 0 Å². The zero-order chi connectivity index (χ0) is 16.7. The number of nitrogens with zero attached hydrogens (tertiary/aromatic N) is 2. The van der Waals surface area contributed by atoms with Gasteiger partial charge in [-0.05, 0) is 37.8 Å². The number of carbonyl (C=O) groups excluding carboxylic acids is 1. The van der Waals surface area contributed by atoms with Gasteiger partial charge in [0, 0.05) is 34.9 Å². The summed E-state index contributed by atoms with van der Waals surface area (Å²) >= 11 is 0. The van der Waals surface area contributed by atoms with Gasteiger partial charge in [0.15, 0.2) is 0 Å². The average Bonchev–Trinajstić information content (AvgIpc) is 3.10. The maximum Gasteiger partial charge on any atom is 0.224 e. The molecule has 124 valence electrons. The second-order valence-corrected chi connectivity index (χ2v) is 6.63. The van der Waals surface area contributed by atoms with Gasteiger partial charge in [0.25, 0.3) is 0 Å². The number of rotatable bonds is 3. The summed E-state index contributed by atoms with van der Waals surface area (Å²) in [5.41, 5.74) is 5.66. The molecular weight excluding hydrogens is 300 g/mol. The van der Waals surface area contributed by atoms with E-state index in [-0.39, 0.29) is 11.9 Å². The Bertz CT molecular complexity index is 905. The number of aryl methyl sites for hydroxylation is 2. The number of para-hydroxylation sites is 1. The van der Waals surface area contributed by atoms with Gasteiger partial charge in [-0.25, -0.2) is 0 Å². The molecule has 3 aromatic rings. The Hall–Kier alpha value is -2.56. The first-order valence-corrected chi connectivity index (χ1v) is 8.50. The van der Waals surface area contributed by atoms with Crippen molar-refractivity contribution in [2.45, 2.75) is 38.6 Å². The van der Waals surface area contributed by atoms with E-state index in [1.165, 1.54) is 11.3 Å². The Morgan fingerprint density at radius 2 is 2.25 bits per heavy atom. The molecule has 2 N–H and O–H groups in total. The minimum absolute atomic E-state index is 0.0737. The molecule has 24 heavy (non-hydrogen) atoms. The van der Waals surface area contributed by atoms with Crippen molar-refractivity contribution in [3.8, 4) is 0 Å². The lowest BCUT2D eigenvalue weighted by molar-refractivity contribution is -0.121. The summed E-state index contributed by atoms with van der Waals surface area (Å²) in [6.07, 6.45) is 5.42. The number of H-pyrrole nitrogens is 1. The van der Waals surface area contributed by atoms with Gasteiger partial charge >= 0.3 is 0 Å². The van der Waals surface area contributed by atoms with Gasteiger partial charge in [-0.1, -0.05) is 18.2 Å². The monoisotopic (exact) mass is 322 g/mol. The Labute approximate surface area is 141 Å². The minimum atomic E-state index is 0.0737. The molecule has 1 atom stereocenters. The summed E-state index contributed by atoms with van der Waals surface area (Å²) in [7, 11) is 1.97. The number of hydrogen-bond donors (Lipinski definition) is 2. The summed E-state index contributed by atoms with van der Waals surface area (Å²) in [6.45, 7) is 2.03. The normalized spacial score (nSPS) is 17.0. The zero-order valence-corrected chi connectivity index (χ0v) is 14.1. The van der Waals surface area contributed by atoms with Crippen LogP contribution in [-0.4, -0.2) is 20.7 Å². The molecule has 0 bridgehead atoms. The zero-order valence-electron chi connectivity index (χ0n) is 14.1. The molecule has 1 aliphatic rings. The Morgan fingerprint density at radius 3 is 3.12 bits per heavy atom. The lowest BCUT2D eigenvalue weighted by atomic mass is 9.92. The van der Waals surface area contributed by atoms with E-state index in [1.54, 1.807) is 0 Å². The van der Waals surface area contributed by atoms with Gasteiger partial charge in [0.1, 0.15) is 0 Å². The second-order valence-electron chi connectivity index (χ2n) is 6.63. The molecule has 1 amide bonds. The highest BCUT2D eigenvalue weighted by atomic mass is 16.1. The van der Waals surface area contributed by atoms with E-state index in [9.17, 15) is 4.79 Å². The van der Waals surface area contributed by atoms with E-state index in [2.05, 4.69) is 21.5 Å².